The van der Waals surface area contributed by atoms with Gasteiger partial charge in [-0.05, 0) is 36.5 Å². The molecule has 2 rings (SSSR count). The summed E-state index contributed by atoms with van der Waals surface area (Å²) in [5.74, 6) is -0.0322. The molecule has 6 heteroatoms. The van der Waals surface area contributed by atoms with Gasteiger partial charge in [-0.1, -0.05) is 37.6 Å². The lowest BCUT2D eigenvalue weighted by molar-refractivity contribution is -0.146. The van der Waals surface area contributed by atoms with E-state index in [1.54, 1.807) is 4.90 Å². The monoisotopic (exact) mass is 352 g/mol. The van der Waals surface area contributed by atoms with Gasteiger partial charge in [0.2, 0.25) is 0 Å². The Morgan fingerprint density at radius 2 is 1.79 bits per heavy atom. The van der Waals surface area contributed by atoms with E-state index in [0.29, 0.717) is 31.0 Å². The van der Waals surface area contributed by atoms with Crippen LogP contribution in [-0.4, -0.2) is 37.1 Å². The number of halogens is 1. The topological polar surface area (TPSA) is 58.6 Å². The number of hydrogen-bond donors (Lipinski definition) is 1. The SMILES string of the molecule is COC(=O)C1CCN(C(=O)N[C@H](c2ccc(Cl)cc2)C(C)C)CC1. The molecule has 5 nitrogen and oxygen atoms in total. The second-order valence-corrected chi connectivity index (χ2v) is 6.94. The van der Waals surface area contributed by atoms with Gasteiger partial charge in [0.15, 0.2) is 0 Å². The lowest BCUT2D eigenvalue weighted by atomic mass is 9.95. The van der Waals surface area contributed by atoms with Gasteiger partial charge in [-0.15, -0.1) is 0 Å². The van der Waals surface area contributed by atoms with Crippen molar-refractivity contribution in [2.75, 3.05) is 20.2 Å². The van der Waals surface area contributed by atoms with Crippen LogP contribution >= 0.6 is 11.6 Å². The maximum Gasteiger partial charge on any atom is 0.317 e. The van der Waals surface area contributed by atoms with Gasteiger partial charge < -0.3 is 15.0 Å². The van der Waals surface area contributed by atoms with Gasteiger partial charge >= 0.3 is 12.0 Å². The molecule has 1 N–H and O–H groups in total. The molecule has 0 unspecified atom stereocenters. The number of methoxy groups -OCH3 is 1. The van der Waals surface area contributed by atoms with Crippen LogP contribution in [0.3, 0.4) is 0 Å². The van der Waals surface area contributed by atoms with Crippen LogP contribution < -0.4 is 5.32 Å². The van der Waals surface area contributed by atoms with Gasteiger partial charge in [-0.25, -0.2) is 4.79 Å². The summed E-state index contributed by atoms with van der Waals surface area (Å²) in [6.07, 6.45) is 1.29. The molecule has 1 saturated heterocycles. The Kier molecular flexibility index (Phi) is 6.49. The summed E-state index contributed by atoms with van der Waals surface area (Å²) >= 11 is 5.94. The fourth-order valence-electron chi connectivity index (χ4n) is 3.01. The maximum absolute atomic E-state index is 12.6. The first-order valence-electron chi connectivity index (χ1n) is 8.31. The number of urea groups is 1. The van der Waals surface area contributed by atoms with E-state index in [1.807, 2.05) is 24.3 Å². The summed E-state index contributed by atoms with van der Waals surface area (Å²) in [6, 6.07) is 7.38. The number of esters is 1. The van der Waals surface area contributed by atoms with Gasteiger partial charge in [0.05, 0.1) is 19.1 Å². The van der Waals surface area contributed by atoms with E-state index in [2.05, 4.69) is 19.2 Å². The molecule has 1 heterocycles. The van der Waals surface area contributed by atoms with E-state index in [0.717, 1.165) is 5.56 Å². The normalized spacial score (nSPS) is 16.8. The number of carbonyl (C=O) groups is 2. The summed E-state index contributed by atoms with van der Waals surface area (Å²) in [7, 11) is 1.40. The lowest BCUT2D eigenvalue weighted by Crippen LogP contribution is -2.47. The molecule has 132 valence electrons. The third kappa shape index (κ3) is 4.63. The number of carbonyl (C=O) groups excluding carboxylic acids is 2. The van der Waals surface area contributed by atoms with Crippen molar-refractivity contribution in [2.45, 2.75) is 32.7 Å². The van der Waals surface area contributed by atoms with Crippen molar-refractivity contribution in [3.8, 4) is 0 Å². The number of nitrogens with one attached hydrogen (secondary N) is 1. The maximum atomic E-state index is 12.6. The highest BCUT2D eigenvalue weighted by atomic mass is 35.5. The quantitative estimate of drug-likeness (QED) is 0.842. The van der Waals surface area contributed by atoms with Crippen LogP contribution in [-0.2, 0) is 9.53 Å². The van der Waals surface area contributed by atoms with Crippen LogP contribution in [0.4, 0.5) is 4.79 Å². The molecule has 24 heavy (non-hydrogen) atoms. The van der Waals surface area contributed by atoms with E-state index < -0.39 is 0 Å². The van der Waals surface area contributed by atoms with Crippen LogP contribution in [0, 0.1) is 11.8 Å². The molecule has 1 aromatic rings. The molecule has 0 aliphatic carbocycles. The highest BCUT2D eigenvalue weighted by molar-refractivity contribution is 6.30. The molecule has 1 aromatic carbocycles. The number of piperidine rings is 1. The highest BCUT2D eigenvalue weighted by Gasteiger charge is 2.29. The zero-order valence-corrected chi connectivity index (χ0v) is 15.2. The van der Waals surface area contributed by atoms with Crippen molar-refractivity contribution in [3.63, 3.8) is 0 Å². The van der Waals surface area contributed by atoms with E-state index in [-0.39, 0.29) is 29.9 Å². The minimum atomic E-state index is -0.184. The summed E-state index contributed by atoms with van der Waals surface area (Å²) in [5, 5.41) is 3.79. The van der Waals surface area contributed by atoms with Crippen LogP contribution in [0.2, 0.25) is 5.02 Å². The van der Waals surface area contributed by atoms with Crippen molar-refractivity contribution in [1.29, 1.82) is 0 Å². The Morgan fingerprint density at radius 1 is 1.21 bits per heavy atom. The zero-order chi connectivity index (χ0) is 17.7. The summed E-state index contributed by atoms with van der Waals surface area (Å²) in [6.45, 7) is 5.28. The molecule has 2 amide bonds. The Balaban J connectivity index is 1.97. The molecular weight excluding hydrogens is 328 g/mol. The highest BCUT2D eigenvalue weighted by Crippen LogP contribution is 2.24. The average Bonchev–Trinajstić information content (AvgIpc) is 2.59. The largest absolute Gasteiger partial charge is 0.469 e. The number of rotatable bonds is 4. The predicted molar refractivity (Wildman–Crippen MR) is 93.9 cm³/mol. The molecule has 1 aliphatic heterocycles. The third-order valence-corrected chi connectivity index (χ3v) is 4.74. The first-order valence-corrected chi connectivity index (χ1v) is 8.69. The number of likely N-dealkylation sites (tertiary alicyclic amines) is 1. The Bertz CT molecular complexity index is 566. The summed E-state index contributed by atoms with van der Waals surface area (Å²) in [5.41, 5.74) is 1.03. The number of ether oxygens (including phenoxy) is 1. The molecule has 0 spiro atoms. The summed E-state index contributed by atoms with van der Waals surface area (Å²) in [4.78, 5) is 25.9. The summed E-state index contributed by atoms with van der Waals surface area (Å²) < 4.78 is 4.78. The zero-order valence-electron chi connectivity index (χ0n) is 14.4. The molecule has 1 atom stereocenters. The Labute approximate surface area is 148 Å². The standard InChI is InChI=1S/C18H25ClN2O3/c1-12(2)16(13-4-6-15(19)7-5-13)20-18(23)21-10-8-14(9-11-21)17(22)24-3/h4-7,12,14,16H,8-11H2,1-3H3,(H,20,23)/t16-/m0/s1. The number of benzene rings is 1. The number of nitrogens with zero attached hydrogens (tertiary/aromatic N) is 1. The molecule has 1 fully saturated rings. The second-order valence-electron chi connectivity index (χ2n) is 6.51. The van der Waals surface area contributed by atoms with E-state index in [4.69, 9.17) is 16.3 Å². The molecular formula is C18H25ClN2O3. The van der Waals surface area contributed by atoms with Gasteiger partial charge in [-0.3, -0.25) is 4.79 Å². The predicted octanol–water partition coefficient (Wildman–Crippen LogP) is 3.63. The third-order valence-electron chi connectivity index (χ3n) is 4.49. The van der Waals surface area contributed by atoms with Crippen LogP contribution in [0.25, 0.3) is 0 Å². The van der Waals surface area contributed by atoms with Crippen LogP contribution in [0.1, 0.15) is 38.3 Å². The van der Waals surface area contributed by atoms with Crippen molar-refractivity contribution >= 4 is 23.6 Å². The Hall–Kier alpha value is -1.75. The van der Waals surface area contributed by atoms with Gasteiger partial charge in [-0.2, -0.15) is 0 Å². The van der Waals surface area contributed by atoms with E-state index in [1.165, 1.54) is 7.11 Å². The molecule has 0 bridgehead atoms. The molecule has 0 aromatic heterocycles. The fourth-order valence-corrected chi connectivity index (χ4v) is 3.14. The first-order chi connectivity index (χ1) is 11.4. The van der Waals surface area contributed by atoms with Gasteiger partial charge in [0.25, 0.3) is 0 Å². The van der Waals surface area contributed by atoms with Crippen molar-refractivity contribution in [2.24, 2.45) is 11.8 Å². The number of hydrogen-bond acceptors (Lipinski definition) is 3. The van der Waals surface area contributed by atoms with Gasteiger partial charge in [0, 0.05) is 18.1 Å². The van der Waals surface area contributed by atoms with Gasteiger partial charge in [0.1, 0.15) is 0 Å². The molecule has 0 radical (unpaired) electrons. The Morgan fingerprint density at radius 3 is 2.29 bits per heavy atom. The number of amides is 2. The average molecular weight is 353 g/mol. The van der Waals surface area contributed by atoms with Crippen LogP contribution in [0.5, 0.6) is 0 Å². The molecule has 1 aliphatic rings. The van der Waals surface area contributed by atoms with E-state index in [9.17, 15) is 9.59 Å². The second kappa shape index (κ2) is 8.38. The smallest absolute Gasteiger partial charge is 0.317 e. The van der Waals surface area contributed by atoms with Crippen LogP contribution in [0.15, 0.2) is 24.3 Å². The lowest BCUT2D eigenvalue weighted by Gasteiger charge is -2.33. The fraction of sp³-hybridized carbons (Fsp3) is 0.556. The first kappa shape index (κ1) is 18.6. The van der Waals surface area contributed by atoms with E-state index >= 15 is 0 Å². The minimum absolute atomic E-state index is 0.0758. The van der Waals surface area contributed by atoms with Crippen molar-refractivity contribution in [3.05, 3.63) is 34.9 Å². The minimum Gasteiger partial charge on any atom is -0.469 e. The molecule has 0 saturated carbocycles. The van der Waals surface area contributed by atoms with Crippen molar-refractivity contribution in [1.82, 2.24) is 10.2 Å². The van der Waals surface area contributed by atoms with Crippen molar-refractivity contribution < 1.29 is 14.3 Å².